The SMILES string of the molecule is CNC(=O)c1cc2cc(C(F)(F)F)ccc2o1. The topological polar surface area (TPSA) is 42.2 Å². The van der Waals surface area contributed by atoms with Gasteiger partial charge in [-0.05, 0) is 24.3 Å². The lowest BCUT2D eigenvalue weighted by Crippen LogP contribution is -2.16. The molecule has 1 amide bonds. The molecule has 0 aliphatic heterocycles. The summed E-state index contributed by atoms with van der Waals surface area (Å²) in [5.74, 6) is -0.489. The first kappa shape index (κ1) is 11.5. The Balaban J connectivity index is 2.52. The number of alkyl halides is 3. The van der Waals surface area contributed by atoms with Gasteiger partial charge in [0.05, 0.1) is 5.56 Å². The molecule has 0 fully saturated rings. The third-order valence-electron chi connectivity index (χ3n) is 2.29. The summed E-state index contributed by atoms with van der Waals surface area (Å²) in [6.07, 6.45) is -4.40. The van der Waals surface area contributed by atoms with Gasteiger partial charge in [0.25, 0.3) is 5.91 Å². The van der Waals surface area contributed by atoms with Crippen molar-refractivity contribution >= 4 is 16.9 Å². The van der Waals surface area contributed by atoms with E-state index < -0.39 is 17.6 Å². The van der Waals surface area contributed by atoms with Crippen LogP contribution in [0, 0.1) is 0 Å². The molecule has 0 saturated carbocycles. The first-order valence-electron chi connectivity index (χ1n) is 4.74. The number of nitrogens with one attached hydrogen (secondary N) is 1. The number of carbonyl (C=O) groups is 1. The summed E-state index contributed by atoms with van der Waals surface area (Å²) in [6.45, 7) is 0. The summed E-state index contributed by atoms with van der Waals surface area (Å²) < 4.78 is 42.4. The molecular weight excluding hydrogens is 235 g/mol. The molecule has 1 aromatic carbocycles. The summed E-state index contributed by atoms with van der Waals surface area (Å²) >= 11 is 0. The van der Waals surface area contributed by atoms with E-state index in [4.69, 9.17) is 4.42 Å². The van der Waals surface area contributed by atoms with E-state index in [-0.39, 0.29) is 16.7 Å². The maximum Gasteiger partial charge on any atom is 0.416 e. The van der Waals surface area contributed by atoms with Crippen LogP contribution in [0.1, 0.15) is 16.1 Å². The van der Waals surface area contributed by atoms with Crippen LogP contribution in [0.3, 0.4) is 0 Å². The van der Waals surface area contributed by atoms with Gasteiger partial charge in [-0.2, -0.15) is 13.2 Å². The second kappa shape index (κ2) is 3.80. The zero-order valence-electron chi connectivity index (χ0n) is 8.76. The van der Waals surface area contributed by atoms with Crippen LogP contribution in [-0.2, 0) is 6.18 Å². The van der Waals surface area contributed by atoms with Gasteiger partial charge < -0.3 is 9.73 Å². The van der Waals surface area contributed by atoms with Crippen LogP contribution in [0.5, 0.6) is 0 Å². The Morgan fingerprint density at radius 1 is 1.29 bits per heavy atom. The molecule has 2 aromatic rings. The number of amides is 1. The van der Waals surface area contributed by atoms with E-state index in [2.05, 4.69) is 5.32 Å². The summed E-state index contributed by atoms with van der Waals surface area (Å²) in [5, 5.41) is 2.58. The number of fused-ring (bicyclic) bond motifs is 1. The van der Waals surface area contributed by atoms with Gasteiger partial charge >= 0.3 is 6.18 Å². The van der Waals surface area contributed by atoms with Crippen molar-refractivity contribution in [2.24, 2.45) is 0 Å². The van der Waals surface area contributed by atoms with Crippen LogP contribution in [0.15, 0.2) is 28.7 Å². The van der Waals surface area contributed by atoms with Crippen LogP contribution in [-0.4, -0.2) is 13.0 Å². The fraction of sp³-hybridized carbons (Fsp3) is 0.182. The van der Waals surface area contributed by atoms with Gasteiger partial charge in [0, 0.05) is 12.4 Å². The smallest absolute Gasteiger partial charge is 0.416 e. The third kappa shape index (κ3) is 2.11. The quantitative estimate of drug-likeness (QED) is 0.836. The van der Waals surface area contributed by atoms with Gasteiger partial charge in [0.2, 0.25) is 0 Å². The lowest BCUT2D eigenvalue weighted by molar-refractivity contribution is -0.137. The number of furan rings is 1. The van der Waals surface area contributed by atoms with Gasteiger partial charge in [0.15, 0.2) is 5.76 Å². The first-order chi connectivity index (χ1) is 7.91. The standard InChI is InChI=1S/C11H8F3NO2/c1-15-10(16)9-5-6-4-7(11(12,13)14)2-3-8(6)17-9/h2-5H,1H3,(H,15,16). The molecule has 0 aliphatic carbocycles. The van der Waals surface area contributed by atoms with E-state index >= 15 is 0 Å². The molecule has 3 nitrogen and oxygen atoms in total. The minimum absolute atomic E-state index is 0.0122. The minimum atomic E-state index is -4.40. The molecule has 2 rings (SSSR count). The number of hydrogen-bond donors (Lipinski definition) is 1. The predicted octanol–water partition coefficient (Wildman–Crippen LogP) is 2.81. The molecule has 0 radical (unpaired) electrons. The Bertz CT molecular complexity index is 572. The van der Waals surface area contributed by atoms with Crippen LogP contribution in [0.2, 0.25) is 0 Å². The van der Waals surface area contributed by atoms with Crippen LogP contribution in [0.4, 0.5) is 13.2 Å². The molecule has 6 heteroatoms. The van der Waals surface area contributed by atoms with Crippen molar-refractivity contribution in [3.05, 3.63) is 35.6 Å². The highest BCUT2D eigenvalue weighted by Gasteiger charge is 2.30. The Labute approximate surface area is 94.2 Å². The third-order valence-corrected chi connectivity index (χ3v) is 2.29. The molecule has 1 aromatic heterocycles. The van der Waals surface area contributed by atoms with E-state index in [9.17, 15) is 18.0 Å². The van der Waals surface area contributed by atoms with Crippen molar-refractivity contribution in [1.82, 2.24) is 5.32 Å². The predicted molar refractivity (Wildman–Crippen MR) is 54.6 cm³/mol. The van der Waals surface area contributed by atoms with Crippen LogP contribution < -0.4 is 5.32 Å². The maximum atomic E-state index is 12.4. The second-order valence-corrected chi connectivity index (χ2v) is 3.44. The highest BCUT2D eigenvalue weighted by atomic mass is 19.4. The van der Waals surface area contributed by atoms with Gasteiger partial charge in [-0.25, -0.2) is 0 Å². The monoisotopic (exact) mass is 243 g/mol. The Morgan fingerprint density at radius 2 is 2.00 bits per heavy atom. The highest BCUT2D eigenvalue weighted by Crippen LogP contribution is 2.32. The molecule has 0 aliphatic rings. The minimum Gasteiger partial charge on any atom is -0.451 e. The summed E-state index contributed by atoms with van der Waals surface area (Å²) in [6, 6.07) is 4.35. The molecule has 0 atom stereocenters. The Hall–Kier alpha value is -1.98. The summed E-state index contributed by atoms with van der Waals surface area (Å²) in [5.41, 5.74) is -0.522. The molecule has 0 unspecified atom stereocenters. The molecule has 1 N–H and O–H groups in total. The summed E-state index contributed by atoms with van der Waals surface area (Å²) in [4.78, 5) is 11.2. The normalized spacial score (nSPS) is 11.8. The lowest BCUT2D eigenvalue weighted by Gasteiger charge is -2.04. The van der Waals surface area contributed by atoms with E-state index in [1.165, 1.54) is 19.2 Å². The first-order valence-corrected chi connectivity index (χ1v) is 4.74. The molecular formula is C11H8F3NO2. The fourth-order valence-corrected chi connectivity index (χ4v) is 1.45. The van der Waals surface area contributed by atoms with Crippen molar-refractivity contribution in [2.75, 3.05) is 7.05 Å². The lowest BCUT2D eigenvalue weighted by atomic mass is 10.1. The van der Waals surface area contributed by atoms with E-state index in [0.29, 0.717) is 0 Å². The van der Waals surface area contributed by atoms with Crippen molar-refractivity contribution in [3.8, 4) is 0 Å². The van der Waals surface area contributed by atoms with Crippen LogP contribution >= 0.6 is 0 Å². The van der Waals surface area contributed by atoms with Crippen molar-refractivity contribution in [3.63, 3.8) is 0 Å². The average molecular weight is 243 g/mol. The number of benzene rings is 1. The number of hydrogen-bond acceptors (Lipinski definition) is 2. The zero-order chi connectivity index (χ0) is 12.6. The molecule has 17 heavy (non-hydrogen) atoms. The second-order valence-electron chi connectivity index (χ2n) is 3.44. The molecule has 1 heterocycles. The van der Waals surface area contributed by atoms with Crippen molar-refractivity contribution < 1.29 is 22.4 Å². The van der Waals surface area contributed by atoms with Crippen molar-refractivity contribution in [1.29, 1.82) is 0 Å². The van der Waals surface area contributed by atoms with E-state index in [1.807, 2.05) is 0 Å². The zero-order valence-corrected chi connectivity index (χ0v) is 8.76. The summed E-state index contributed by atoms with van der Waals surface area (Å²) in [7, 11) is 1.41. The maximum absolute atomic E-state index is 12.4. The molecule has 0 spiro atoms. The molecule has 0 bridgehead atoms. The van der Waals surface area contributed by atoms with E-state index in [1.54, 1.807) is 0 Å². The van der Waals surface area contributed by atoms with Crippen LogP contribution in [0.25, 0.3) is 11.0 Å². The number of rotatable bonds is 1. The van der Waals surface area contributed by atoms with Gasteiger partial charge in [-0.3, -0.25) is 4.79 Å². The number of halogens is 3. The molecule has 90 valence electrons. The largest absolute Gasteiger partial charge is 0.451 e. The number of carbonyl (C=O) groups excluding carboxylic acids is 1. The average Bonchev–Trinajstić information content (AvgIpc) is 2.69. The highest BCUT2D eigenvalue weighted by molar-refractivity contribution is 5.96. The van der Waals surface area contributed by atoms with E-state index in [0.717, 1.165) is 12.1 Å². The van der Waals surface area contributed by atoms with Gasteiger partial charge in [-0.1, -0.05) is 0 Å². The Morgan fingerprint density at radius 3 is 2.59 bits per heavy atom. The van der Waals surface area contributed by atoms with Crippen molar-refractivity contribution in [2.45, 2.75) is 6.18 Å². The Kier molecular flexibility index (Phi) is 2.57. The molecule has 0 saturated heterocycles. The fourth-order valence-electron chi connectivity index (χ4n) is 1.45. The van der Waals surface area contributed by atoms with Gasteiger partial charge in [-0.15, -0.1) is 0 Å². The van der Waals surface area contributed by atoms with Gasteiger partial charge in [0.1, 0.15) is 5.58 Å².